The van der Waals surface area contributed by atoms with Gasteiger partial charge in [-0.05, 0) is 43.6 Å². The minimum Gasteiger partial charge on any atom is -0.383 e. The smallest absolute Gasteiger partial charge is 0.150 e. The Kier molecular flexibility index (Phi) is 7.98. The van der Waals surface area contributed by atoms with Crippen LogP contribution in [0.3, 0.4) is 0 Å². The highest BCUT2D eigenvalue weighted by Crippen LogP contribution is 2.23. The average Bonchev–Trinajstić information content (AvgIpc) is 2.70. The number of amidine groups is 1. The summed E-state index contributed by atoms with van der Waals surface area (Å²) in [7, 11) is 0. The van der Waals surface area contributed by atoms with E-state index in [1.165, 1.54) is 5.56 Å². The molecule has 0 bridgehead atoms. The van der Waals surface area contributed by atoms with Gasteiger partial charge in [0.15, 0.2) is 5.84 Å². The highest BCUT2D eigenvalue weighted by Gasteiger charge is 2.10. The molecular weight excluding hydrogens is 336 g/mol. The number of hydrazine groups is 1. The summed E-state index contributed by atoms with van der Waals surface area (Å²) in [6.07, 6.45) is 6.42. The number of hydrogen-bond acceptors (Lipinski definition) is 5. The summed E-state index contributed by atoms with van der Waals surface area (Å²) >= 11 is 0. The Bertz CT molecular complexity index is 780. The Morgan fingerprint density at radius 3 is 2.56 bits per heavy atom. The van der Waals surface area contributed by atoms with Crippen LogP contribution in [-0.4, -0.2) is 28.8 Å². The van der Waals surface area contributed by atoms with Crippen molar-refractivity contribution in [3.63, 3.8) is 0 Å². The molecular formula is C21H30N6. The zero-order valence-corrected chi connectivity index (χ0v) is 16.4. The number of nitrogen functional groups attached to an aromatic ring is 1. The van der Waals surface area contributed by atoms with Gasteiger partial charge < -0.3 is 11.2 Å². The van der Waals surface area contributed by atoms with Crippen molar-refractivity contribution in [1.29, 1.82) is 0 Å². The first-order valence-electron chi connectivity index (χ1n) is 9.36. The number of aromatic nitrogens is 1. The van der Waals surface area contributed by atoms with Crippen molar-refractivity contribution in [1.82, 2.24) is 15.3 Å². The fourth-order valence-electron chi connectivity index (χ4n) is 2.88. The Morgan fingerprint density at radius 2 is 1.96 bits per heavy atom. The molecule has 144 valence electrons. The Hall–Kier alpha value is -2.70. The molecule has 0 saturated carbocycles. The highest BCUT2D eigenvalue weighted by molar-refractivity contribution is 6.03. The van der Waals surface area contributed by atoms with Crippen molar-refractivity contribution >= 4 is 11.7 Å². The van der Waals surface area contributed by atoms with E-state index < -0.39 is 0 Å². The molecule has 0 atom stereocenters. The predicted molar refractivity (Wildman–Crippen MR) is 114 cm³/mol. The summed E-state index contributed by atoms with van der Waals surface area (Å²) in [5.74, 6) is 6.47. The van der Waals surface area contributed by atoms with Gasteiger partial charge in [-0.25, -0.2) is 15.8 Å². The molecule has 1 heterocycles. The number of hydrogen-bond donors (Lipinski definition) is 3. The van der Waals surface area contributed by atoms with E-state index in [-0.39, 0.29) is 0 Å². The first-order chi connectivity index (χ1) is 13.1. The fraction of sp³-hybridized carbons (Fsp3) is 0.333. The molecule has 6 nitrogen and oxygen atoms in total. The number of pyridine rings is 1. The largest absolute Gasteiger partial charge is 0.383 e. The number of nitrogens with two attached hydrogens (primary N) is 2. The lowest BCUT2D eigenvalue weighted by atomic mass is 10.0. The number of anilines is 1. The van der Waals surface area contributed by atoms with Gasteiger partial charge >= 0.3 is 0 Å². The third-order valence-corrected chi connectivity index (χ3v) is 4.34. The molecule has 2 aromatic rings. The Balaban J connectivity index is 2.27. The van der Waals surface area contributed by atoms with Gasteiger partial charge in [-0.2, -0.15) is 0 Å². The highest BCUT2D eigenvalue weighted by atomic mass is 15.2. The van der Waals surface area contributed by atoms with Crippen LogP contribution in [0.25, 0.3) is 11.1 Å². The maximum Gasteiger partial charge on any atom is 0.150 e. The molecule has 1 aromatic carbocycles. The molecule has 27 heavy (non-hydrogen) atoms. The second kappa shape index (κ2) is 10.4. The van der Waals surface area contributed by atoms with Crippen LogP contribution in [0.2, 0.25) is 0 Å². The van der Waals surface area contributed by atoms with Gasteiger partial charge in [0, 0.05) is 24.5 Å². The third kappa shape index (κ3) is 5.64. The van der Waals surface area contributed by atoms with Crippen molar-refractivity contribution < 1.29 is 0 Å². The van der Waals surface area contributed by atoms with Crippen LogP contribution < -0.4 is 17.0 Å². The molecule has 0 spiro atoms. The summed E-state index contributed by atoms with van der Waals surface area (Å²) in [6.45, 7) is 9.43. The number of benzene rings is 1. The SMILES string of the molecule is C/C=C\N=C(NN)c1cc(-c2ccc(CN(CC)CCC)cc2)cnc1N. The number of nitrogens with one attached hydrogen (secondary N) is 1. The van der Waals surface area contributed by atoms with E-state index in [1.807, 2.05) is 19.1 Å². The van der Waals surface area contributed by atoms with Gasteiger partial charge in [-0.3, -0.25) is 4.90 Å². The van der Waals surface area contributed by atoms with Crippen molar-refractivity contribution in [2.24, 2.45) is 10.8 Å². The first-order valence-corrected chi connectivity index (χ1v) is 9.36. The number of allylic oxidation sites excluding steroid dienone is 1. The van der Waals surface area contributed by atoms with E-state index >= 15 is 0 Å². The van der Waals surface area contributed by atoms with Gasteiger partial charge in [0.2, 0.25) is 0 Å². The summed E-state index contributed by atoms with van der Waals surface area (Å²) in [5, 5.41) is 0. The normalized spacial score (nSPS) is 12.1. The lowest BCUT2D eigenvalue weighted by molar-refractivity contribution is 0.280. The number of aliphatic imine (C=N–C) groups is 1. The molecule has 0 radical (unpaired) electrons. The van der Waals surface area contributed by atoms with Crippen LogP contribution >= 0.6 is 0 Å². The second-order valence-corrected chi connectivity index (χ2v) is 6.33. The molecule has 0 aliphatic rings. The fourth-order valence-corrected chi connectivity index (χ4v) is 2.88. The minimum atomic E-state index is 0.384. The van der Waals surface area contributed by atoms with Gasteiger partial charge in [0.1, 0.15) is 5.82 Å². The Morgan fingerprint density at radius 1 is 1.22 bits per heavy atom. The molecule has 2 rings (SSSR count). The molecule has 0 unspecified atom stereocenters. The number of rotatable bonds is 8. The molecule has 0 fully saturated rings. The predicted octanol–water partition coefficient (Wildman–Crippen LogP) is 3.31. The quantitative estimate of drug-likeness (QED) is 0.288. The van der Waals surface area contributed by atoms with Crippen LogP contribution in [0.15, 0.2) is 53.8 Å². The molecule has 0 saturated heterocycles. The molecule has 1 aromatic heterocycles. The van der Waals surface area contributed by atoms with Crippen molar-refractivity contribution in [3.05, 3.63) is 59.9 Å². The van der Waals surface area contributed by atoms with E-state index in [1.54, 1.807) is 12.4 Å². The van der Waals surface area contributed by atoms with Crippen LogP contribution in [0.1, 0.15) is 38.3 Å². The maximum atomic E-state index is 6.02. The topological polar surface area (TPSA) is 92.6 Å². The third-order valence-electron chi connectivity index (χ3n) is 4.34. The molecule has 0 aliphatic carbocycles. The molecule has 0 amide bonds. The van der Waals surface area contributed by atoms with Gasteiger partial charge in [0.05, 0.1) is 5.56 Å². The van der Waals surface area contributed by atoms with Crippen LogP contribution in [-0.2, 0) is 6.54 Å². The van der Waals surface area contributed by atoms with E-state index in [0.717, 1.165) is 37.2 Å². The summed E-state index contributed by atoms with van der Waals surface area (Å²) in [4.78, 5) is 11.0. The molecule has 0 aliphatic heterocycles. The zero-order valence-electron chi connectivity index (χ0n) is 16.4. The Labute approximate surface area is 162 Å². The minimum absolute atomic E-state index is 0.384. The summed E-state index contributed by atoms with van der Waals surface area (Å²) < 4.78 is 0. The molecule has 5 N–H and O–H groups in total. The standard InChI is InChI=1S/C21H30N6/c1-4-11-24-21(26-23)19-13-18(14-25-20(19)22)17-9-7-16(8-10-17)15-27(6-3)12-5-2/h4,7-11,13-14H,5-6,12,15,23H2,1-3H3,(H2,22,25)(H,24,26)/b11-4-. The van der Waals surface area contributed by atoms with Crippen LogP contribution in [0.4, 0.5) is 5.82 Å². The average molecular weight is 367 g/mol. The molecule has 6 heteroatoms. The number of nitrogens with zero attached hydrogens (tertiary/aromatic N) is 3. The monoisotopic (exact) mass is 366 g/mol. The van der Waals surface area contributed by atoms with Crippen LogP contribution in [0, 0.1) is 0 Å². The van der Waals surface area contributed by atoms with Crippen molar-refractivity contribution in [2.75, 3.05) is 18.8 Å². The second-order valence-electron chi connectivity index (χ2n) is 6.33. The van der Waals surface area contributed by atoms with Gasteiger partial charge in [0.25, 0.3) is 0 Å². The van der Waals surface area contributed by atoms with E-state index in [0.29, 0.717) is 17.2 Å². The van der Waals surface area contributed by atoms with Crippen molar-refractivity contribution in [2.45, 2.75) is 33.7 Å². The zero-order chi connectivity index (χ0) is 19.6. The van der Waals surface area contributed by atoms with Gasteiger partial charge in [-0.1, -0.05) is 44.2 Å². The van der Waals surface area contributed by atoms with Crippen LogP contribution in [0.5, 0.6) is 0 Å². The van der Waals surface area contributed by atoms with E-state index in [9.17, 15) is 0 Å². The first kappa shape index (κ1) is 20.6. The summed E-state index contributed by atoms with van der Waals surface area (Å²) in [5.41, 5.74) is 12.6. The van der Waals surface area contributed by atoms with Gasteiger partial charge in [-0.15, -0.1) is 0 Å². The van der Waals surface area contributed by atoms with E-state index in [2.05, 4.69) is 58.4 Å². The lowest BCUT2D eigenvalue weighted by Crippen LogP contribution is -2.31. The lowest BCUT2D eigenvalue weighted by Gasteiger charge is -2.19. The van der Waals surface area contributed by atoms with E-state index in [4.69, 9.17) is 11.6 Å². The maximum absolute atomic E-state index is 6.02. The summed E-state index contributed by atoms with van der Waals surface area (Å²) in [6, 6.07) is 10.5. The van der Waals surface area contributed by atoms with Crippen molar-refractivity contribution in [3.8, 4) is 11.1 Å².